The molecule has 0 bridgehead atoms. The first-order chi connectivity index (χ1) is 4.74. The monoisotopic (exact) mass is 130 g/mol. The molecule has 1 aliphatic rings. The highest BCUT2D eigenvalue weighted by atomic mass is 14.1. The molecule has 0 aromatic carbocycles. The van der Waals surface area contributed by atoms with E-state index >= 15 is 0 Å². The van der Waals surface area contributed by atoms with Crippen molar-refractivity contribution in [2.24, 2.45) is 5.92 Å². The topological polar surface area (TPSA) is 0 Å². The molecule has 0 saturated heterocycles. The summed E-state index contributed by atoms with van der Waals surface area (Å²) in [6, 6.07) is 0. The molecular weight excluding hydrogens is 119 g/mol. The molecule has 0 fully saturated rings. The molecule has 0 spiro atoms. The van der Waals surface area contributed by atoms with Crippen LogP contribution in [0.5, 0.6) is 0 Å². The fourth-order valence-electron chi connectivity index (χ4n) is 1.18. The van der Waals surface area contributed by atoms with Crippen molar-refractivity contribution in [1.29, 1.82) is 0 Å². The van der Waals surface area contributed by atoms with Gasteiger partial charge in [0.05, 0.1) is 0 Å². The summed E-state index contributed by atoms with van der Waals surface area (Å²) in [5, 5.41) is 0. The van der Waals surface area contributed by atoms with E-state index in [1.54, 1.807) is 0 Å². The summed E-state index contributed by atoms with van der Waals surface area (Å²) >= 11 is 0. The summed E-state index contributed by atoms with van der Waals surface area (Å²) in [6.07, 6.45) is 6.86. The molecule has 0 aliphatic heterocycles. The van der Waals surface area contributed by atoms with Gasteiger partial charge in [-0.2, -0.15) is 0 Å². The van der Waals surface area contributed by atoms with E-state index in [2.05, 4.69) is 13.5 Å². The van der Waals surface area contributed by atoms with Crippen LogP contribution in [-0.2, 0) is 0 Å². The van der Waals surface area contributed by atoms with Crippen LogP contribution in [0.4, 0.5) is 0 Å². The van der Waals surface area contributed by atoms with Gasteiger partial charge in [-0.15, -0.1) is 5.47 Å². The lowest BCUT2D eigenvalue weighted by Gasteiger charge is -2.16. The van der Waals surface area contributed by atoms with Gasteiger partial charge >= 0.3 is 0 Å². The predicted octanol–water partition coefficient (Wildman–Crippen LogP) is 2.19. The second-order valence-electron chi connectivity index (χ2n) is 2.72. The van der Waals surface area contributed by atoms with Crippen molar-refractivity contribution < 1.29 is 0 Å². The number of allylic oxidation sites excluding steroid dienone is 5. The van der Waals surface area contributed by atoms with Crippen molar-refractivity contribution in [2.45, 2.75) is 13.3 Å². The van der Waals surface area contributed by atoms with Gasteiger partial charge in [0, 0.05) is 0 Å². The fraction of sp³-hybridized carbons (Fsp3) is 0.333. The van der Waals surface area contributed by atoms with Crippen molar-refractivity contribution in [3.63, 3.8) is 0 Å². The normalized spacial score (nSPS) is 25.1. The second-order valence-corrected chi connectivity index (χ2v) is 2.72. The third-order valence-electron chi connectivity index (χ3n) is 1.84. The summed E-state index contributed by atoms with van der Waals surface area (Å²) in [6.45, 7) is 5.88. The van der Waals surface area contributed by atoms with Gasteiger partial charge in [-0.3, -0.25) is 0 Å². The van der Waals surface area contributed by atoms with Gasteiger partial charge in [0.25, 0.3) is 0 Å². The van der Waals surface area contributed by atoms with Gasteiger partial charge in [-0.05, 0) is 17.9 Å². The molecule has 10 heavy (non-hydrogen) atoms. The number of hydrogen-bond donors (Lipinski definition) is 0. The summed E-state index contributed by atoms with van der Waals surface area (Å²) in [7, 11) is 5.62. The van der Waals surface area contributed by atoms with Gasteiger partial charge in [0.2, 0.25) is 0 Å². The lowest BCUT2D eigenvalue weighted by Crippen LogP contribution is -2.03. The van der Waals surface area contributed by atoms with E-state index in [4.69, 9.17) is 7.85 Å². The Kier molecular flexibility index (Phi) is 2.15. The number of hydrogen-bond acceptors (Lipinski definition) is 0. The maximum atomic E-state index is 5.62. The summed E-state index contributed by atoms with van der Waals surface area (Å²) < 4.78 is 0. The zero-order valence-electron chi connectivity index (χ0n) is 6.30. The summed E-state index contributed by atoms with van der Waals surface area (Å²) in [5.41, 5.74) is 2.26. The highest BCUT2D eigenvalue weighted by Crippen LogP contribution is 2.23. The molecule has 1 atom stereocenters. The molecule has 0 N–H and O–H groups in total. The van der Waals surface area contributed by atoms with Gasteiger partial charge < -0.3 is 0 Å². The van der Waals surface area contributed by atoms with Gasteiger partial charge in [0.1, 0.15) is 7.85 Å². The van der Waals surface area contributed by atoms with Crippen LogP contribution in [0.1, 0.15) is 13.3 Å². The summed E-state index contributed by atoms with van der Waals surface area (Å²) in [4.78, 5) is 0. The average Bonchev–Trinajstić information content (AvgIpc) is 1.88. The van der Waals surface area contributed by atoms with Crippen LogP contribution in [0.25, 0.3) is 0 Å². The maximum absolute atomic E-state index is 5.62. The van der Waals surface area contributed by atoms with Crippen molar-refractivity contribution in [3.8, 4) is 0 Å². The molecule has 0 nitrogen and oxygen atoms in total. The van der Waals surface area contributed by atoms with Gasteiger partial charge in [0.15, 0.2) is 0 Å². The highest BCUT2D eigenvalue weighted by Gasteiger charge is 2.08. The van der Waals surface area contributed by atoms with E-state index in [0.717, 1.165) is 11.9 Å². The lowest BCUT2D eigenvalue weighted by atomic mass is 9.80. The molecule has 0 aromatic rings. The second kappa shape index (κ2) is 2.91. The summed E-state index contributed by atoms with van der Waals surface area (Å²) in [5.74, 6) is 0.544. The molecule has 50 valence electrons. The van der Waals surface area contributed by atoms with Crippen molar-refractivity contribution in [1.82, 2.24) is 0 Å². The quantitative estimate of drug-likeness (QED) is 0.477. The smallest absolute Gasteiger partial charge is 0.107 e. The molecule has 0 heterocycles. The first kappa shape index (κ1) is 7.39. The van der Waals surface area contributed by atoms with Gasteiger partial charge in [-0.25, -0.2) is 0 Å². The molecule has 0 amide bonds. The van der Waals surface area contributed by atoms with Crippen molar-refractivity contribution in [2.75, 3.05) is 0 Å². The third-order valence-corrected chi connectivity index (χ3v) is 1.84. The van der Waals surface area contributed by atoms with Crippen LogP contribution in [0.2, 0.25) is 0 Å². The first-order valence-corrected chi connectivity index (χ1v) is 3.52. The average molecular weight is 130 g/mol. The van der Waals surface area contributed by atoms with Crippen LogP contribution in [-0.4, -0.2) is 7.85 Å². The van der Waals surface area contributed by atoms with E-state index in [1.165, 1.54) is 5.57 Å². The minimum absolute atomic E-state index is 0.544. The van der Waals surface area contributed by atoms with Crippen LogP contribution in [0.15, 0.2) is 35.9 Å². The maximum Gasteiger partial charge on any atom is 0.107 e. The Labute approximate surface area is 63.7 Å². The zero-order chi connectivity index (χ0) is 7.56. The number of rotatable bonds is 1. The molecule has 2 radical (unpaired) electrons. The van der Waals surface area contributed by atoms with Gasteiger partial charge in [-0.1, -0.05) is 31.7 Å². The van der Waals surface area contributed by atoms with Crippen LogP contribution < -0.4 is 0 Å². The standard InChI is InChI=1S/C9H11B/c1-3-8-4-5-9(10)6-7(8)2/h3-5,7H,1,6H2,2H3. The van der Waals surface area contributed by atoms with E-state index in [9.17, 15) is 0 Å². The minimum atomic E-state index is 0.544. The van der Waals surface area contributed by atoms with Crippen LogP contribution in [0, 0.1) is 5.92 Å². The third kappa shape index (κ3) is 1.41. The van der Waals surface area contributed by atoms with Crippen LogP contribution >= 0.6 is 0 Å². The van der Waals surface area contributed by atoms with Crippen LogP contribution in [0.3, 0.4) is 0 Å². The first-order valence-electron chi connectivity index (χ1n) is 3.52. The van der Waals surface area contributed by atoms with E-state index in [1.807, 2.05) is 18.2 Å². The molecule has 1 unspecified atom stereocenters. The Morgan fingerprint density at radius 1 is 1.70 bits per heavy atom. The Morgan fingerprint density at radius 3 is 2.90 bits per heavy atom. The van der Waals surface area contributed by atoms with Crippen molar-refractivity contribution >= 4 is 7.85 Å². The van der Waals surface area contributed by atoms with E-state index in [-0.39, 0.29) is 0 Å². The predicted molar refractivity (Wildman–Crippen MR) is 45.9 cm³/mol. The Bertz CT molecular complexity index is 199. The molecule has 1 aliphatic carbocycles. The Balaban J connectivity index is 2.81. The zero-order valence-corrected chi connectivity index (χ0v) is 6.30. The minimum Gasteiger partial charge on any atom is -0.117 e. The van der Waals surface area contributed by atoms with E-state index in [0.29, 0.717) is 5.92 Å². The fourth-order valence-corrected chi connectivity index (χ4v) is 1.18. The molecule has 0 aromatic heterocycles. The van der Waals surface area contributed by atoms with Crippen molar-refractivity contribution in [3.05, 3.63) is 35.9 Å². The Hall–Kier alpha value is -0.715. The molecule has 0 saturated carbocycles. The SMILES string of the molecule is [B]C1=CC=C(C=C)C(C)C1. The highest BCUT2D eigenvalue weighted by molar-refractivity contribution is 6.21. The largest absolute Gasteiger partial charge is 0.117 e. The molecule has 1 rings (SSSR count). The lowest BCUT2D eigenvalue weighted by molar-refractivity contribution is 0.696. The Morgan fingerprint density at radius 2 is 2.40 bits per heavy atom. The van der Waals surface area contributed by atoms with E-state index < -0.39 is 0 Å². The molecule has 1 heteroatoms. The molecular formula is C9H11B.